The van der Waals surface area contributed by atoms with Crippen LogP contribution in [0.25, 0.3) is 0 Å². The molecule has 0 aliphatic carbocycles. The number of carbonyl (C=O) groups is 1. The Morgan fingerprint density at radius 1 is 1.50 bits per heavy atom. The number of hydrogen-bond donors (Lipinski definition) is 3. The van der Waals surface area contributed by atoms with Crippen LogP contribution in [0.2, 0.25) is 0 Å². The minimum absolute atomic E-state index is 0.0110. The molecule has 7 nitrogen and oxygen atoms in total. The molecule has 0 radical (unpaired) electrons. The summed E-state index contributed by atoms with van der Waals surface area (Å²) < 4.78 is 0. The molecule has 0 aliphatic heterocycles. The Labute approximate surface area is 119 Å². The minimum Gasteiger partial charge on any atom is -0.359 e. The van der Waals surface area contributed by atoms with Gasteiger partial charge in [-0.25, -0.2) is 15.8 Å². The lowest BCUT2D eigenvalue weighted by Gasteiger charge is -2.22. The van der Waals surface area contributed by atoms with Crippen molar-refractivity contribution in [1.82, 2.24) is 15.3 Å². The SMILES string of the molecule is CCCc1nc(NN)cc(N(C)CC(C)C(=O)NC)n1. The van der Waals surface area contributed by atoms with Gasteiger partial charge in [0, 0.05) is 33.1 Å². The van der Waals surface area contributed by atoms with Crippen LogP contribution in [0.3, 0.4) is 0 Å². The summed E-state index contributed by atoms with van der Waals surface area (Å²) in [6, 6.07) is 1.77. The number of nitrogens with one attached hydrogen (secondary N) is 2. The van der Waals surface area contributed by atoms with E-state index in [9.17, 15) is 4.79 Å². The summed E-state index contributed by atoms with van der Waals surface area (Å²) in [5, 5.41) is 2.65. The van der Waals surface area contributed by atoms with Gasteiger partial charge in [-0.3, -0.25) is 4.79 Å². The van der Waals surface area contributed by atoms with Crippen LogP contribution < -0.4 is 21.5 Å². The van der Waals surface area contributed by atoms with Gasteiger partial charge in [-0.05, 0) is 6.42 Å². The van der Waals surface area contributed by atoms with E-state index >= 15 is 0 Å². The minimum atomic E-state index is -0.121. The maximum atomic E-state index is 11.6. The van der Waals surface area contributed by atoms with E-state index in [1.54, 1.807) is 13.1 Å². The quantitative estimate of drug-likeness (QED) is 0.498. The standard InChI is InChI=1S/C13H24N6O/c1-5-6-10-16-11(18-14)7-12(17-10)19(4)8-9(2)13(20)15-3/h7,9H,5-6,8,14H2,1-4H3,(H,15,20)(H,16,17,18). The highest BCUT2D eigenvalue weighted by atomic mass is 16.1. The first-order valence-electron chi connectivity index (χ1n) is 6.79. The highest BCUT2D eigenvalue weighted by Crippen LogP contribution is 2.16. The van der Waals surface area contributed by atoms with Crippen LogP contribution in [-0.2, 0) is 11.2 Å². The summed E-state index contributed by atoms with van der Waals surface area (Å²) in [6.07, 6.45) is 1.76. The molecule has 0 fully saturated rings. The van der Waals surface area contributed by atoms with Crippen molar-refractivity contribution in [2.75, 3.05) is 31.0 Å². The van der Waals surface area contributed by atoms with Crippen LogP contribution in [0.5, 0.6) is 0 Å². The predicted octanol–water partition coefficient (Wildman–Crippen LogP) is 0.533. The molecule has 20 heavy (non-hydrogen) atoms. The molecule has 1 rings (SSSR count). The highest BCUT2D eigenvalue weighted by Gasteiger charge is 2.15. The summed E-state index contributed by atoms with van der Waals surface area (Å²) in [5.41, 5.74) is 2.55. The van der Waals surface area contributed by atoms with E-state index in [-0.39, 0.29) is 11.8 Å². The zero-order valence-electron chi connectivity index (χ0n) is 12.6. The number of hydrazine groups is 1. The molecule has 1 atom stereocenters. The molecule has 0 aliphatic rings. The number of nitrogens with zero attached hydrogens (tertiary/aromatic N) is 3. The maximum Gasteiger partial charge on any atom is 0.224 e. The number of amides is 1. The van der Waals surface area contributed by atoms with Gasteiger partial charge >= 0.3 is 0 Å². The van der Waals surface area contributed by atoms with Crippen molar-refractivity contribution in [3.63, 3.8) is 0 Å². The molecule has 0 aromatic carbocycles. The van der Waals surface area contributed by atoms with E-state index in [1.807, 2.05) is 18.9 Å². The summed E-state index contributed by atoms with van der Waals surface area (Å²) in [4.78, 5) is 22.3. The Hall–Kier alpha value is -1.89. The zero-order valence-corrected chi connectivity index (χ0v) is 12.6. The van der Waals surface area contributed by atoms with Crippen LogP contribution >= 0.6 is 0 Å². The fraction of sp³-hybridized carbons (Fsp3) is 0.615. The molecule has 1 aromatic rings. The van der Waals surface area contributed by atoms with Gasteiger partial charge in [0.05, 0.1) is 5.92 Å². The Balaban J connectivity index is 2.88. The summed E-state index contributed by atoms with van der Waals surface area (Å²) >= 11 is 0. The van der Waals surface area contributed by atoms with E-state index in [0.29, 0.717) is 12.4 Å². The van der Waals surface area contributed by atoms with Gasteiger partial charge in [-0.15, -0.1) is 0 Å². The Morgan fingerprint density at radius 2 is 2.20 bits per heavy atom. The second kappa shape index (κ2) is 7.64. The monoisotopic (exact) mass is 280 g/mol. The second-order valence-electron chi connectivity index (χ2n) is 4.82. The third kappa shape index (κ3) is 4.34. The van der Waals surface area contributed by atoms with Crippen molar-refractivity contribution in [2.45, 2.75) is 26.7 Å². The van der Waals surface area contributed by atoms with Crippen LogP contribution in [0, 0.1) is 5.92 Å². The second-order valence-corrected chi connectivity index (χ2v) is 4.82. The largest absolute Gasteiger partial charge is 0.359 e. The van der Waals surface area contributed by atoms with Crippen LogP contribution in [0.4, 0.5) is 11.6 Å². The lowest BCUT2D eigenvalue weighted by atomic mass is 10.1. The van der Waals surface area contributed by atoms with Crippen molar-refractivity contribution >= 4 is 17.5 Å². The molecular weight excluding hydrogens is 256 g/mol. The van der Waals surface area contributed by atoms with Crippen LogP contribution in [-0.4, -0.2) is 36.5 Å². The summed E-state index contributed by atoms with van der Waals surface area (Å²) in [7, 11) is 3.54. The molecule has 7 heteroatoms. The average Bonchev–Trinajstić information content (AvgIpc) is 2.46. The Kier molecular flexibility index (Phi) is 6.17. The molecular formula is C13H24N6O. The van der Waals surface area contributed by atoms with Gasteiger partial charge in [-0.1, -0.05) is 13.8 Å². The number of rotatable bonds is 7. The van der Waals surface area contributed by atoms with Gasteiger partial charge in [0.1, 0.15) is 17.5 Å². The van der Waals surface area contributed by atoms with E-state index in [0.717, 1.165) is 24.5 Å². The molecule has 112 valence electrons. The maximum absolute atomic E-state index is 11.6. The normalized spacial score (nSPS) is 11.8. The Bertz CT molecular complexity index is 450. The smallest absolute Gasteiger partial charge is 0.224 e. The molecule has 0 bridgehead atoms. The molecule has 1 amide bonds. The van der Waals surface area contributed by atoms with E-state index in [4.69, 9.17) is 5.84 Å². The molecule has 1 aromatic heterocycles. The number of anilines is 2. The number of carbonyl (C=O) groups excluding carboxylic acids is 1. The number of nitrogens with two attached hydrogens (primary N) is 1. The van der Waals surface area contributed by atoms with Gasteiger partial charge in [0.25, 0.3) is 0 Å². The topological polar surface area (TPSA) is 96.2 Å². The Morgan fingerprint density at radius 3 is 2.75 bits per heavy atom. The van der Waals surface area contributed by atoms with Crippen molar-refractivity contribution < 1.29 is 4.79 Å². The molecule has 0 spiro atoms. The summed E-state index contributed by atoms with van der Waals surface area (Å²) in [5.74, 6) is 7.41. The van der Waals surface area contributed by atoms with E-state index in [2.05, 4.69) is 27.6 Å². The zero-order chi connectivity index (χ0) is 15.1. The lowest BCUT2D eigenvalue weighted by Crippen LogP contribution is -2.34. The molecule has 1 heterocycles. The number of nitrogen functional groups attached to an aromatic ring is 1. The first-order chi connectivity index (χ1) is 9.51. The number of hydrogen-bond acceptors (Lipinski definition) is 6. The van der Waals surface area contributed by atoms with Crippen LogP contribution in [0.15, 0.2) is 6.07 Å². The lowest BCUT2D eigenvalue weighted by molar-refractivity contribution is -0.123. The third-order valence-electron chi connectivity index (χ3n) is 3.01. The first-order valence-corrected chi connectivity index (χ1v) is 6.79. The first kappa shape index (κ1) is 16.2. The van der Waals surface area contributed by atoms with Gasteiger partial charge in [-0.2, -0.15) is 0 Å². The highest BCUT2D eigenvalue weighted by molar-refractivity contribution is 5.78. The van der Waals surface area contributed by atoms with Crippen molar-refractivity contribution in [3.05, 3.63) is 11.9 Å². The fourth-order valence-corrected chi connectivity index (χ4v) is 1.92. The van der Waals surface area contributed by atoms with E-state index < -0.39 is 0 Å². The van der Waals surface area contributed by atoms with Gasteiger partial charge in [0.2, 0.25) is 5.91 Å². The molecule has 0 saturated heterocycles. The van der Waals surface area contributed by atoms with E-state index in [1.165, 1.54) is 0 Å². The molecule has 0 saturated carbocycles. The van der Waals surface area contributed by atoms with Crippen molar-refractivity contribution in [2.24, 2.45) is 11.8 Å². The van der Waals surface area contributed by atoms with Crippen molar-refractivity contribution in [1.29, 1.82) is 0 Å². The molecule has 1 unspecified atom stereocenters. The van der Waals surface area contributed by atoms with Gasteiger partial charge in [0.15, 0.2) is 0 Å². The third-order valence-corrected chi connectivity index (χ3v) is 3.01. The van der Waals surface area contributed by atoms with Gasteiger partial charge < -0.3 is 15.6 Å². The average molecular weight is 280 g/mol. The predicted molar refractivity (Wildman–Crippen MR) is 80.3 cm³/mol. The molecule has 4 N–H and O–H groups in total. The van der Waals surface area contributed by atoms with Crippen LogP contribution in [0.1, 0.15) is 26.1 Å². The number of aryl methyl sites for hydroxylation is 1. The van der Waals surface area contributed by atoms with Crippen molar-refractivity contribution in [3.8, 4) is 0 Å². The summed E-state index contributed by atoms with van der Waals surface area (Å²) in [6.45, 7) is 4.53. The fourth-order valence-electron chi connectivity index (χ4n) is 1.92. The number of aromatic nitrogens is 2.